The van der Waals surface area contributed by atoms with Crippen molar-refractivity contribution in [1.29, 1.82) is 0 Å². The van der Waals surface area contributed by atoms with E-state index in [1.165, 1.54) is 25.7 Å². The minimum Gasteiger partial charge on any atom is -0.224 e. The van der Waals surface area contributed by atoms with Crippen LogP contribution in [0.1, 0.15) is 63.9 Å². The Morgan fingerprint density at radius 1 is 0.957 bits per heavy atom. The minimum absolute atomic E-state index is 0.0379. The maximum Gasteiger partial charge on any atom is 0.416 e. The van der Waals surface area contributed by atoms with E-state index in [2.05, 4.69) is 13.0 Å². The first-order chi connectivity index (χ1) is 10.8. The summed E-state index contributed by atoms with van der Waals surface area (Å²) in [4.78, 5) is -0.159. The molecule has 1 rings (SSSR count). The van der Waals surface area contributed by atoms with Crippen LogP contribution in [0.15, 0.2) is 23.1 Å². The van der Waals surface area contributed by atoms with Gasteiger partial charge in [-0.25, -0.2) is 8.42 Å². The van der Waals surface area contributed by atoms with Gasteiger partial charge >= 0.3 is 6.18 Å². The molecule has 0 aliphatic rings. The molecular formula is C17H24F3O2S. The number of sulfone groups is 1. The fourth-order valence-corrected chi connectivity index (χ4v) is 3.63. The van der Waals surface area contributed by atoms with Crippen LogP contribution in [-0.2, 0) is 16.0 Å². The zero-order chi connectivity index (χ0) is 17.3. The van der Waals surface area contributed by atoms with E-state index in [1.54, 1.807) is 0 Å². The maximum absolute atomic E-state index is 12.4. The molecule has 2 nitrogen and oxygen atoms in total. The van der Waals surface area contributed by atoms with Gasteiger partial charge in [-0.05, 0) is 24.6 Å². The van der Waals surface area contributed by atoms with E-state index in [0.717, 1.165) is 31.4 Å². The van der Waals surface area contributed by atoms with Gasteiger partial charge in [0.25, 0.3) is 0 Å². The quantitative estimate of drug-likeness (QED) is 0.529. The number of alkyl halides is 3. The van der Waals surface area contributed by atoms with Crippen molar-refractivity contribution in [3.8, 4) is 0 Å². The third kappa shape index (κ3) is 7.38. The summed E-state index contributed by atoms with van der Waals surface area (Å²) >= 11 is 0. The van der Waals surface area contributed by atoms with Crippen LogP contribution in [0.25, 0.3) is 0 Å². The molecule has 6 heteroatoms. The van der Waals surface area contributed by atoms with Gasteiger partial charge in [0.05, 0.1) is 16.2 Å². The van der Waals surface area contributed by atoms with Gasteiger partial charge in [-0.2, -0.15) is 13.2 Å². The van der Waals surface area contributed by atoms with Gasteiger partial charge in [-0.3, -0.25) is 0 Å². The van der Waals surface area contributed by atoms with Crippen molar-refractivity contribution >= 4 is 9.84 Å². The van der Waals surface area contributed by atoms with Crippen LogP contribution in [0.5, 0.6) is 0 Å². The van der Waals surface area contributed by atoms with Crippen LogP contribution in [0.2, 0.25) is 0 Å². The van der Waals surface area contributed by atoms with Crippen molar-refractivity contribution < 1.29 is 21.6 Å². The molecule has 0 heterocycles. The molecule has 0 saturated heterocycles. The molecule has 0 saturated carbocycles. The SMILES string of the molecule is CCCCCCCCCCS(=O)(=O)c1[c]cc(C(F)(F)F)cc1. The molecule has 0 N–H and O–H groups in total. The number of benzene rings is 1. The van der Waals surface area contributed by atoms with Crippen molar-refractivity contribution in [2.45, 2.75) is 69.4 Å². The van der Waals surface area contributed by atoms with E-state index in [4.69, 9.17) is 0 Å². The van der Waals surface area contributed by atoms with Crippen LogP contribution in [-0.4, -0.2) is 14.2 Å². The second-order valence-electron chi connectivity index (χ2n) is 5.73. The van der Waals surface area contributed by atoms with E-state index >= 15 is 0 Å². The first-order valence-electron chi connectivity index (χ1n) is 8.09. The molecule has 0 aliphatic heterocycles. The summed E-state index contributed by atoms with van der Waals surface area (Å²) in [5.41, 5.74) is -0.886. The van der Waals surface area contributed by atoms with Crippen molar-refractivity contribution in [3.63, 3.8) is 0 Å². The molecule has 0 bridgehead atoms. The monoisotopic (exact) mass is 349 g/mol. The van der Waals surface area contributed by atoms with Gasteiger partial charge < -0.3 is 0 Å². The summed E-state index contributed by atoms with van der Waals surface area (Å²) in [6.45, 7) is 2.16. The highest BCUT2D eigenvalue weighted by Gasteiger charge is 2.30. The van der Waals surface area contributed by atoms with Crippen molar-refractivity contribution in [2.24, 2.45) is 0 Å². The lowest BCUT2D eigenvalue weighted by Gasteiger charge is -2.08. The van der Waals surface area contributed by atoms with E-state index in [1.807, 2.05) is 0 Å². The van der Waals surface area contributed by atoms with Crippen LogP contribution < -0.4 is 0 Å². The Morgan fingerprint density at radius 2 is 1.52 bits per heavy atom. The second kappa shape index (κ2) is 9.30. The van der Waals surface area contributed by atoms with E-state index in [9.17, 15) is 21.6 Å². The number of hydrogen-bond acceptors (Lipinski definition) is 2. The van der Waals surface area contributed by atoms with Crippen molar-refractivity contribution in [2.75, 3.05) is 5.75 Å². The molecule has 0 amide bonds. The maximum atomic E-state index is 12.4. The fourth-order valence-electron chi connectivity index (χ4n) is 2.32. The fraction of sp³-hybridized carbons (Fsp3) is 0.647. The normalized spacial score (nSPS) is 12.5. The number of hydrogen-bond donors (Lipinski definition) is 0. The highest BCUT2D eigenvalue weighted by molar-refractivity contribution is 7.91. The smallest absolute Gasteiger partial charge is 0.224 e. The first kappa shape index (κ1) is 20.0. The molecule has 131 valence electrons. The number of halogens is 3. The van der Waals surface area contributed by atoms with E-state index < -0.39 is 21.6 Å². The molecule has 23 heavy (non-hydrogen) atoms. The molecule has 1 aromatic rings. The average Bonchev–Trinajstić information content (AvgIpc) is 2.49. The Morgan fingerprint density at radius 3 is 2.00 bits per heavy atom. The highest BCUT2D eigenvalue weighted by Crippen LogP contribution is 2.29. The Kier molecular flexibility index (Phi) is 8.09. The summed E-state index contributed by atoms with van der Waals surface area (Å²) < 4.78 is 61.4. The zero-order valence-corrected chi connectivity index (χ0v) is 14.3. The Balaban J connectivity index is 2.38. The Hall–Kier alpha value is -1.04. The number of unbranched alkanes of at least 4 members (excludes halogenated alkanes) is 7. The van der Waals surface area contributed by atoms with Crippen LogP contribution in [0, 0.1) is 6.07 Å². The summed E-state index contributed by atoms with van der Waals surface area (Å²) in [5.74, 6) is -0.0379. The van der Waals surface area contributed by atoms with E-state index in [0.29, 0.717) is 12.5 Å². The van der Waals surface area contributed by atoms with Crippen LogP contribution >= 0.6 is 0 Å². The van der Waals surface area contributed by atoms with Gasteiger partial charge in [0.1, 0.15) is 0 Å². The first-order valence-corrected chi connectivity index (χ1v) is 9.74. The minimum atomic E-state index is -4.48. The lowest BCUT2D eigenvalue weighted by Crippen LogP contribution is -2.09. The molecule has 0 spiro atoms. The summed E-state index contributed by atoms with van der Waals surface area (Å²) in [5, 5.41) is 0. The van der Waals surface area contributed by atoms with Crippen molar-refractivity contribution in [3.05, 3.63) is 29.8 Å². The predicted octanol–water partition coefficient (Wildman–Crippen LogP) is 5.42. The predicted molar refractivity (Wildman–Crippen MR) is 84.9 cm³/mol. The Bertz CT molecular complexity index is 548. The highest BCUT2D eigenvalue weighted by atomic mass is 32.2. The Labute approximate surface area is 137 Å². The third-order valence-electron chi connectivity index (χ3n) is 3.71. The van der Waals surface area contributed by atoms with Crippen LogP contribution in [0.3, 0.4) is 0 Å². The molecule has 0 unspecified atom stereocenters. The third-order valence-corrected chi connectivity index (χ3v) is 5.46. The molecule has 0 atom stereocenters. The summed E-state index contributed by atoms with van der Waals surface area (Å²) in [6.07, 6.45) is 3.80. The lowest BCUT2D eigenvalue weighted by molar-refractivity contribution is -0.137. The van der Waals surface area contributed by atoms with Gasteiger partial charge in [0.15, 0.2) is 9.84 Å². The molecular weight excluding hydrogens is 325 g/mol. The summed E-state index contributed by atoms with van der Waals surface area (Å²) in [7, 11) is -3.55. The van der Waals surface area contributed by atoms with Crippen molar-refractivity contribution in [1.82, 2.24) is 0 Å². The van der Waals surface area contributed by atoms with Gasteiger partial charge in [-0.15, -0.1) is 0 Å². The van der Waals surface area contributed by atoms with Gasteiger partial charge in [0, 0.05) is 6.07 Å². The lowest BCUT2D eigenvalue weighted by atomic mass is 10.1. The molecule has 0 aliphatic carbocycles. The topological polar surface area (TPSA) is 34.1 Å². The largest absolute Gasteiger partial charge is 0.416 e. The molecule has 1 aromatic carbocycles. The average molecular weight is 349 g/mol. The standard InChI is InChI=1S/C17H24F3O2S/c1-2-3-4-5-6-7-8-9-14-23(21,22)16-12-10-15(11-13-16)17(18,19)20/h10-12H,2-9,14H2,1H3. The zero-order valence-electron chi connectivity index (χ0n) is 13.5. The van der Waals surface area contributed by atoms with Gasteiger partial charge in [0.2, 0.25) is 0 Å². The second-order valence-corrected chi connectivity index (χ2v) is 7.81. The number of rotatable bonds is 10. The van der Waals surface area contributed by atoms with Crippen LogP contribution in [0.4, 0.5) is 13.2 Å². The summed E-state index contributed by atoms with van der Waals surface area (Å²) in [6, 6.07) is 4.72. The molecule has 0 aromatic heterocycles. The molecule has 0 fully saturated rings. The molecule has 1 radical (unpaired) electrons. The van der Waals surface area contributed by atoms with E-state index in [-0.39, 0.29) is 10.6 Å². The van der Waals surface area contributed by atoms with Gasteiger partial charge in [-0.1, -0.05) is 51.9 Å².